The standard InChI is InChI=1S/C21H26ClN3O/c1-3-25(4-2)12-11-17-15-7-5-6-8-16(15)20(24-21(17)26)18-13-14(22)9-10-19(18)23/h5-10,13,17,20H,3-4,11-12,23H2,1-2H3,(H,24,26). The van der Waals surface area contributed by atoms with Gasteiger partial charge in [0.2, 0.25) is 5.91 Å². The number of nitrogen functional groups attached to an aromatic ring is 1. The maximum Gasteiger partial charge on any atom is 0.228 e. The van der Waals surface area contributed by atoms with E-state index in [-0.39, 0.29) is 17.9 Å². The molecule has 0 saturated carbocycles. The van der Waals surface area contributed by atoms with Gasteiger partial charge in [-0.1, -0.05) is 49.7 Å². The highest BCUT2D eigenvalue weighted by Crippen LogP contribution is 2.38. The molecule has 1 aliphatic heterocycles. The Morgan fingerprint density at radius 2 is 1.77 bits per heavy atom. The summed E-state index contributed by atoms with van der Waals surface area (Å²) in [5.41, 5.74) is 9.85. The second-order valence-electron chi connectivity index (χ2n) is 6.71. The maximum atomic E-state index is 12.9. The first-order chi connectivity index (χ1) is 12.5. The van der Waals surface area contributed by atoms with Crippen LogP contribution in [0.4, 0.5) is 5.69 Å². The maximum absolute atomic E-state index is 12.9. The van der Waals surface area contributed by atoms with Crippen molar-refractivity contribution >= 4 is 23.2 Å². The summed E-state index contributed by atoms with van der Waals surface area (Å²) < 4.78 is 0. The number of hydrogen-bond donors (Lipinski definition) is 2. The lowest BCUT2D eigenvalue weighted by Gasteiger charge is -2.33. The van der Waals surface area contributed by atoms with Gasteiger partial charge < -0.3 is 16.0 Å². The molecule has 0 saturated heterocycles. The summed E-state index contributed by atoms with van der Waals surface area (Å²) >= 11 is 6.17. The zero-order valence-corrected chi connectivity index (χ0v) is 16.1. The topological polar surface area (TPSA) is 58.4 Å². The van der Waals surface area contributed by atoms with E-state index in [1.807, 2.05) is 18.2 Å². The van der Waals surface area contributed by atoms with Crippen molar-refractivity contribution in [1.29, 1.82) is 0 Å². The fourth-order valence-electron chi connectivity index (χ4n) is 3.73. The number of nitrogens with two attached hydrogens (primary N) is 1. The molecule has 2 aromatic rings. The van der Waals surface area contributed by atoms with Gasteiger partial charge in [0.25, 0.3) is 0 Å². The molecule has 5 heteroatoms. The number of anilines is 1. The fraction of sp³-hybridized carbons (Fsp3) is 0.381. The zero-order valence-electron chi connectivity index (χ0n) is 15.3. The van der Waals surface area contributed by atoms with Crippen molar-refractivity contribution in [1.82, 2.24) is 10.2 Å². The van der Waals surface area contributed by atoms with Gasteiger partial charge in [-0.3, -0.25) is 4.79 Å². The van der Waals surface area contributed by atoms with Gasteiger partial charge in [0.15, 0.2) is 0 Å². The lowest BCUT2D eigenvalue weighted by molar-refractivity contribution is -0.123. The van der Waals surface area contributed by atoms with Gasteiger partial charge in [-0.2, -0.15) is 0 Å². The van der Waals surface area contributed by atoms with Gasteiger partial charge in [0.1, 0.15) is 0 Å². The average Bonchev–Trinajstić information content (AvgIpc) is 2.65. The highest BCUT2D eigenvalue weighted by molar-refractivity contribution is 6.30. The average molecular weight is 372 g/mol. The molecule has 0 bridgehead atoms. The molecule has 2 atom stereocenters. The Hall–Kier alpha value is -2.04. The van der Waals surface area contributed by atoms with Crippen LogP contribution in [0.15, 0.2) is 42.5 Å². The predicted molar refractivity (Wildman–Crippen MR) is 107 cm³/mol. The van der Waals surface area contributed by atoms with Crippen LogP contribution in [0.5, 0.6) is 0 Å². The molecule has 4 nitrogen and oxygen atoms in total. The van der Waals surface area contributed by atoms with Crippen molar-refractivity contribution in [2.24, 2.45) is 0 Å². The number of hydrogen-bond acceptors (Lipinski definition) is 3. The van der Waals surface area contributed by atoms with E-state index in [1.165, 1.54) is 0 Å². The molecule has 26 heavy (non-hydrogen) atoms. The molecular formula is C21H26ClN3O. The normalized spacial score (nSPS) is 19.3. The molecule has 1 aliphatic rings. The van der Waals surface area contributed by atoms with Gasteiger partial charge in [0.05, 0.1) is 12.0 Å². The Morgan fingerprint density at radius 1 is 1.08 bits per heavy atom. The molecule has 0 aromatic heterocycles. The van der Waals surface area contributed by atoms with Crippen molar-refractivity contribution in [3.8, 4) is 0 Å². The first-order valence-electron chi connectivity index (χ1n) is 9.21. The monoisotopic (exact) mass is 371 g/mol. The van der Waals surface area contributed by atoms with Crippen molar-refractivity contribution in [2.45, 2.75) is 32.2 Å². The molecule has 0 aliphatic carbocycles. The van der Waals surface area contributed by atoms with Crippen LogP contribution in [0.1, 0.15) is 48.9 Å². The molecule has 0 fully saturated rings. The van der Waals surface area contributed by atoms with Gasteiger partial charge in [0, 0.05) is 16.3 Å². The lowest BCUT2D eigenvalue weighted by atomic mass is 9.81. The van der Waals surface area contributed by atoms with Crippen molar-refractivity contribution in [2.75, 3.05) is 25.4 Å². The highest BCUT2D eigenvalue weighted by Gasteiger charge is 2.34. The van der Waals surface area contributed by atoms with Crippen LogP contribution in [-0.2, 0) is 4.79 Å². The van der Waals surface area contributed by atoms with Gasteiger partial charge >= 0.3 is 0 Å². The molecule has 3 N–H and O–H groups in total. The SMILES string of the molecule is CCN(CC)CCC1C(=O)NC(c2cc(Cl)ccc2N)c2ccccc21. The number of amides is 1. The summed E-state index contributed by atoms with van der Waals surface area (Å²) in [6.45, 7) is 7.19. The van der Waals surface area contributed by atoms with Crippen LogP contribution in [0.2, 0.25) is 5.02 Å². The minimum atomic E-state index is -0.262. The Morgan fingerprint density at radius 3 is 2.46 bits per heavy atom. The van der Waals surface area contributed by atoms with E-state index in [0.717, 1.165) is 42.7 Å². The highest BCUT2D eigenvalue weighted by atomic mass is 35.5. The van der Waals surface area contributed by atoms with Crippen LogP contribution in [0.25, 0.3) is 0 Å². The van der Waals surface area contributed by atoms with Gasteiger partial charge in [-0.25, -0.2) is 0 Å². The Labute approximate surface area is 160 Å². The minimum Gasteiger partial charge on any atom is -0.398 e. The van der Waals surface area contributed by atoms with E-state index in [9.17, 15) is 4.79 Å². The summed E-state index contributed by atoms with van der Waals surface area (Å²) in [7, 11) is 0. The third-order valence-electron chi connectivity index (χ3n) is 5.27. The predicted octanol–water partition coefficient (Wildman–Crippen LogP) is 3.96. The Balaban J connectivity index is 1.95. The fourth-order valence-corrected chi connectivity index (χ4v) is 3.91. The number of nitrogens with zero attached hydrogens (tertiary/aromatic N) is 1. The molecule has 3 rings (SSSR count). The van der Waals surface area contributed by atoms with Crippen molar-refractivity contribution in [3.05, 3.63) is 64.2 Å². The summed E-state index contributed by atoms with van der Waals surface area (Å²) in [6, 6.07) is 13.3. The van der Waals surface area contributed by atoms with E-state index >= 15 is 0 Å². The van der Waals surface area contributed by atoms with E-state index in [4.69, 9.17) is 17.3 Å². The largest absolute Gasteiger partial charge is 0.398 e. The molecule has 0 radical (unpaired) electrons. The molecule has 1 amide bonds. The second-order valence-corrected chi connectivity index (χ2v) is 7.15. The molecule has 2 unspecified atom stereocenters. The molecular weight excluding hydrogens is 346 g/mol. The summed E-state index contributed by atoms with van der Waals surface area (Å²) in [4.78, 5) is 15.3. The van der Waals surface area contributed by atoms with Gasteiger partial charge in [-0.05, 0) is 55.4 Å². The second kappa shape index (κ2) is 8.11. The third kappa shape index (κ3) is 3.71. The quantitative estimate of drug-likeness (QED) is 0.756. The third-order valence-corrected chi connectivity index (χ3v) is 5.51. The zero-order chi connectivity index (χ0) is 18.7. The number of rotatable bonds is 6. The molecule has 1 heterocycles. The number of fused-ring (bicyclic) bond motifs is 1. The van der Waals surface area contributed by atoms with Crippen LogP contribution in [0.3, 0.4) is 0 Å². The number of carbonyl (C=O) groups excluding carboxylic acids is 1. The van der Waals surface area contributed by atoms with E-state index in [2.05, 4.69) is 36.2 Å². The first kappa shape index (κ1) is 18.7. The Kier molecular flexibility index (Phi) is 5.84. The van der Waals surface area contributed by atoms with Gasteiger partial charge in [-0.15, -0.1) is 0 Å². The number of benzene rings is 2. The van der Waals surface area contributed by atoms with Crippen LogP contribution >= 0.6 is 11.6 Å². The van der Waals surface area contributed by atoms with E-state index in [0.29, 0.717) is 10.7 Å². The first-order valence-corrected chi connectivity index (χ1v) is 9.59. The molecule has 0 spiro atoms. The van der Waals surface area contributed by atoms with Crippen LogP contribution in [-0.4, -0.2) is 30.4 Å². The van der Waals surface area contributed by atoms with E-state index < -0.39 is 0 Å². The summed E-state index contributed by atoms with van der Waals surface area (Å²) in [5.74, 6) is -0.0799. The summed E-state index contributed by atoms with van der Waals surface area (Å²) in [6.07, 6.45) is 0.808. The van der Waals surface area contributed by atoms with E-state index in [1.54, 1.807) is 12.1 Å². The van der Waals surface area contributed by atoms with Crippen LogP contribution < -0.4 is 11.1 Å². The van der Waals surface area contributed by atoms with Crippen molar-refractivity contribution < 1.29 is 4.79 Å². The number of halogens is 1. The number of carbonyl (C=O) groups is 1. The summed E-state index contributed by atoms with van der Waals surface area (Å²) in [5, 5.41) is 3.79. The van der Waals surface area contributed by atoms with Crippen LogP contribution in [0, 0.1) is 0 Å². The Bertz CT molecular complexity index is 789. The number of nitrogens with one attached hydrogen (secondary N) is 1. The van der Waals surface area contributed by atoms with Crippen molar-refractivity contribution in [3.63, 3.8) is 0 Å². The molecule has 2 aromatic carbocycles. The smallest absolute Gasteiger partial charge is 0.228 e. The molecule has 138 valence electrons. The minimum absolute atomic E-state index is 0.0558. The lowest BCUT2D eigenvalue weighted by Crippen LogP contribution is -2.40.